The van der Waals surface area contributed by atoms with E-state index in [0.717, 1.165) is 0 Å². The summed E-state index contributed by atoms with van der Waals surface area (Å²) in [7, 11) is 0. The average molecular weight is 224 g/mol. The first kappa shape index (κ1) is 10.9. The molecule has 0 aliphatic carbocycles. The Morgan fingerprint density at radius 1 is 1.64 bits per heavy atom. The van der Waals surface area contributed by atoms with Crippen LogP contribution in [-0.2, 0) is 32.7 Å². The van der Waals surface area contributed by atoms with Crippen LogP contribution in [0.4, 0.5) is 5.69 Å². The number of hydrogen-bond donors (Lipinski definition) is 2. The van der Waals surface area contributed by atoms with Gasteiger partial charge >= 0.3 is 0 Å². The van der Waals surface area contributed by atoms with Crippen LogP contribution in [0.3, 0.4) is 0 Å². The number of phenolic OH excluding ortho intramolecular Hbond substituents is 1. The van der Waals surface area contributed by atoms with Crippen molar-refractivity contribution in [3.05, 3.63) is 31.2 Å². The van der Waals surface area contributed by atoms with E-state index in [1.54, 1.807) is 18.2 Å². The number of nitrogens with one attached hydrogen (secondary N) is 1. The smallest absolute Gasteiger partial charge is 0.0254 e. The van der Waals surface area contributed by atoms with E-state index in [4.69, 9.17) is 5.11 Å². The van der Waals surface area contributed by atoms with Crippen LogP contribution in [0.5, 0.6) is 5.75 Å². The number of para-hydroxylation sites is 1. The van der Waals surface area contributed by atoms with E-state index < -0.39 is 0 Å². The maximum Gasteiger partial charge on any atom is 0.0254 e. The molecule has 0 unspecified atom stereocenters. The minimum atomic E-state index is 0. The summed E-state index contributed by atoms with van der Waals surface area (Å²) < 4.78 is 0. The Hall–Kier alpha value is -0.0761. The molecule has 11 heavy (non-hydrogen) atoms. The molecule has 0 aromatic heterocycles. The van der Waals surface area contributed by atoms with E-state index in [1.165, 1.54) is 0 Å². The molecule has 3 heteroatoms. The predicted molar refractivity (Wildman–Crippen MR) is 40.8 cm³/mol. The van der Waals surface area contributed by atoms with E-state index in [9.17, 15) is 0 Å². The summed E-state index contributed by atoms with van der Waals surface area (Å²) in [6, 6.07) is 7.90. The quantitative estimate of drug-likeness (QED) is 0.588. The number of rotatable bonds is 2. The van der Waals surface area contributed by atoms with Crippen LogP contribution in [0, 0.1) is 13.0 Å². The third kappa shape index (κ3) is 3.21. The molecule has 0 heterocycles. The Bertz CT molecular complexity index is 215. The number of aromatic hydroxyl groups is 1. The maximum absolute atomic E-state index is 9.12. The Morgan fingerprint density at radius 2 is 2.36 bits per heavy atom. The Morgan fingerprint density at radius 3 is 2.91 bits per heavy atom. The SMILES string of the molecule is [CH2-]CNc1[c-]cccc1O.[Y]. The molecule has 0 fully saturated rings. The van der Waals surface area contributed by atoms with Crippen LogP contribution in [0.25, 0.3) is 0 Å². The van der Waals surface area contributed by atoms with Crippen LogP contribution in [0.1, 0.15) is 0 Å². The Labute approximate surface area is 91.9 Å². The van der Waals surface area contributed by atoms with Gasteiger partial charge < -0.3 is 17.3 Å². The molecular formula is C8H9NOY-2. The number of hydrogen-bond acceptors (Lipinski definition) is 2. The molecule has 1 rings (SSSR count). The van der Waals surface area contributed by atoms with E-state index in [-0.39, 0.29) is 38.5 Å². The summed E-state index contributed by atoms with van der Waals surface area (Å²) in [5.41, 5.74) is 0.609. The number of anilines is 1. The normalized spacial score (nSPS) is 8.45. The first-order valence-corrected chi connectivity index (χ1v) is 3.07. The molecule has 1 aromatic rings. The van der Waals surface area contributed by atoms with Gasteiger partial charge in [-0.3, -0.25) is 0 Å². The third-order valence-corrected chi connectivity index (χ3v) is 1.14. The second-order valence-corrected chi connectivity index (χ2v) is 1.86. The van der Waals surface area contributed by atoms with E-state index in [0.29, 0.717) is 12.2 Å². The van der Waals surface area contributed by atoms with Crippen molar-refractivity contribution in [2.45, 2.75) is 0 Å². The van der Waals surface area contributed by atoms with E-state index >= 15 is 0 Å². The summed E-state index contributed by atoms with van der Waals surface area (Å²) >= 11 is 0. The van der Waals surface area contributed by atoms with Gasteiger partial charge in [0.15, 0.2) is 0 Å². The molecule has 1 radical (unpaired) electrons. The first-order chi connectivity index (χ1) is 4.84. The van der Waals surface area contributed by atoms with Crippen molar-refractivity contribution in [2.24, 2.45) is 0 Å². The molecule has 0 spiro atoms. The van der Waals surface area contributed by atoms with Gasteiger partial charge in [-0.15, -0.1) is 12.6 Å². The zero-order valence-corrected chi connectivity index (χ0v) is 9.01. The summed E-state index contributed by atoms with van der Waals surface area (Å²) in [4.78, 5) is 0. The molecule has 2 nitrogen and oxygen atoms in total. The Balaban J connectivity index is 0.000001000. The van der Waals surface area contributed by atoms with Gasteiger partial charge in [0.1, 0.15) is 0 Å². The molecule has 0 amide bonds. The summed E-state index contributed by atoms with van der Waals surface area (Å²) in [5, 5.41) is 12.0. The van der Waals surface area contributed by atoms with Crippen molar-refractivity contribution in [2.75, 3.05) is 11.9 Å². The van der Waals surface area contributed by atoms with Crippen LogP contribution in [-0.4, -0.2) is 11.7 Å². The van der Waals surface area contributed by atoms with Crippen LogP contribution < -0.4 is 5.32 Å². The largest absolute Gasteiger partial charge is 0.564 e. The van der Waals surface area contributed by atoms with Gasteiger partial charge in [0, 0.05) is 38.5 Å². The molecule has 0 aliphatic rings. The molecule has 0 saturated heterocycles. The third-order valence-electron chi connectivity index (χ3n) is 1.14. The summed E-state index contributed by atoms with van der Waals surface area (Å²) in [6.45, 7) is 4.13. The fraction of sp³-hybridized carbons (Fsp3) is 0.125. The molecule has 0 saturated carbocycles. The number of phenols is 1. The molecule has 57 valence electrons. The maximum atomic E-state index is 9.12. The van der Waals surface area contributed by atoms with Gasteiger partial charge in [-0.05, 0) is 5.69 Å². The van der Waals surface area contributed by atoms with Crippen molar-refractivity contribution < 1.29 is 37.8 Å². The van der Waals surface area contributed by atoms with E-state index in [2.05, 4.69) is 18.3 Å². The summed E-state index contributed by atoms with van der Waals surface area (Å²) in [6.07, 6.45) is 0. The van der Waals surface area contributed by atoms with Gasteiger partial charge in [0.2, 0.25) is 0 Å². The second-order valence-electron chi connectivity index (χ2n) is 1.86. The minimum absolute atomic E-state index is 0. The summed E-state index contributed by atoms with van der Waals surface area (Å²) in [5.74, 6) is 0.214. The van der Waals surface area contributed by atoms with Crippen LogP contribution in [0.2, 0.25) is 0 Å². The zero-order chi connectivity index (χ0) is 7.40. The van der Waals surface area contributed by atoms with Crippen LogP contribution >= 0.6 is 0 Å². The molecular weight excluding hydrogens is 215 g/mol. The van der Waals surface area contributed by atoms with Gasteiger partial charge in [0.25, 0.3) is 0 Å². The minimum Gasteiger partial charge on any atom is -0.564 e. The molecule has 0 aliphatic heterocycles. The average Bonchev–Trinajstić information content (AvgIpc) is 1.94. The first-order valence-electron chi connectivity index (χ1n) is 3.07. The van der Waals surface area contributed by atoms with Gasteiger partial charge in [-0.1, -0.05) is 0 Å². The van der Waals surface area contributed by atoms with Crippen molar-refractivity contribution in [3.63, 3.8) is 0 Å². The fourth-order valence-corrected chi connectivity index (χ4v) is 0.695. The second kappa shape index (κ2) is 5.56. The fourth-order valence-electron chi connectivity index (χ4n) is 0.695. The van der Waals surface area contributed by atoms with Crippen molar-refractivity contribution in [1.82, 2.24) is 0 Å². The van der Waals surface area contributed by atoms with Crippen molar-refractivity contribution in [3.8, 4) is 5.75 Å². The van der Waals surface area contributed by atoms with Gasteiger partial charge in [-0.2, -0.15) is 18.2 Å². The topological polar surface area (TPSA) is 32.3 Å². The van der Waals surface area contributed by atoms with Crippen LogP contribution in [0.15, 0.2) is 18.2 Å². The molecule has 0 bridgehead atoms. The standard InChI is InChI=1S/C8H9NO.Y/c1-2-9-7-5-3-4-6-8(7)10;/h3-4,6,9-10H,1-2H2;/q-2;. The van der Waals surface area contributed by atoms with Crippen molar-refractivity contribution >= 4 is 5.69 Å². The predicted octanol–water partition coefficient (Wildman–Crippen LogP) is 1.44. The molecule has 2 N–H and O–H groups in total. The van der Waals surface area contributed by atoms with Crippen molar-refractivity contribution in [1.29, 1.82) is 0 Å². The molecule has 1 aromatic carbocycles. The zero-order valence-electron chi connectivity index (χ0n) is 6.17. The molecule has 0 atom stereocenters. The van der Waals surface area contributed by atoms with Gasteiger partial charge in [0.05, 0.1) is 0 Å². The monoisotopic (exact) mass is 224 g/mol. The van der Waals surface area contributed by atoms with E-state index in [1.807, 2.05) is 0 Å². The van der Waals surface area contributed by atoms with Gasteiger partial charge in [-0.25, -0.2) is 0 Å². The number of benzene rings is 1. The Kier molecular flexibility index (Phi) is 5.52.